The molecule has 3 nitrogen and oxygen atoms in total. The number of carbonyl (C=O) groups is 1. The maximum absolute atomic E-state index is 14.0. The molecule has 0 radical (unpaired) electrons. The summed E-state index contributed by atoms with van der Waals surface area (Å²) in [5.74, 6) is -0.258. The van der Waals surface area contributed by atoms with Crippen LogP contribution in [0, 0.1) is 0 Å². The number of fused-ring (bicyclic) bond motifs is 2. The lowest BCUT2D eigenvalue weighted by Crippen LogP contribution is -2.25. The molecule has 5 aromatic carbocycles. The third kappa shape index (κ3) is 4.64. The predicted molar refractivity (Wildman–Crippen MR) is 149 cm³/mol. The second-order valence-corrected chi connectivity index (χ2v) is 9.29. The number of ether oxygens (including phenoxy) is 1. The highest BCUT2D eigenvalue weighted by atomic mass is 16.5. The van der Waals surface area contributed by atoms with Gasteiger partial charge >= 0.3 is 5.97 Å². The van der Waals surface area contributed by atoms with Crippen LogP contribution in [0.3, 0.4) is 0 Å². The number of esters is 1. The van der Waals surface area contributed by atoms with E-state index in [0.29, 0.717) is 6.42 Å². The molecule has 6 rings (SSSR count). The largest absolute Gasteiger partial charge is 0.451 e. The van der Waals surface area contributed by atoms with Gasteiger partial charge in [-0.2, -0.15) is 0 Å². The molecule has 1 atom stereocenters. The monoisotopic (exact) mass is 481 g/mol. The van der Waals surface area contributed by atoms with Gasteiger partial charge in [0.2, 0.25) is 0 Å². The molecule has 1 aromatic heterocycles. The van der Waals surface area contributed by atoms with Crippen LogP contribution in [-0.4, -0.2) is 10.5 Å². The van der Waals surface area contributed by atoms with Crippen LogP contribution in [0.1, 0.15) is 28.8 Å². The van der Waals surface area contributed by atoms with Gasteiger partial charge in [-0.15, -0.1) is 0 Å². The van der Waals surface area contributed by atoms with Crippen LogP contribution in [0.15, 0.2) is 140 Å². The number of rotatable bonds is 7. The van der Waals surface area contributed by atoms with Crippen molar-refractivity contribution in [1.82, 2.24) is 4.57 Å². The van der Waals surface area contributed by atoms with Crippen molar-refractivity contribution in [2.75, 3.05) is 0 Å². The summed E-state index contributed by atoms with van der Waals surface area (Å²) in [7, 11) is 0. The molecule has 0 N–H and O–H groups in total. The molecule has 0 aliphatic carbocycles. The van der Waals surface area contributed by atoms with Gasteiger partial charge in [-0.3, -0.25) is 0 Å². The Bertz CT molecular complexity index is 1560. The lowest BCUT2D eigenvalue weighted by Gasteiger charge is -2.25. The Morgan fingerprint density at radius 3 is 1.70 bits per heavy atom. The first kappa shape index (κ1) is 22.8. The molecule has 0 saturated heterocycles. The van der Waals surface area contributed by atoms with E-state index < -0.39 is 12.1 Å². The zero-order valence-corrected chi connectivity index (χ0v) is 20.4. The van der Waals surface area contributed by atoms with E-state index >= 15 is 0 Å². The van der Waals surface area contributed by atoms with E-state index in [1.54, 1.807) is 0 Å². The normalized spacial score (nSPS) is 12.1. The van der Waals surface area contributed by atoms with Crippen LogP contribution in [-0.2, 0) is 16.0 Å². The van der Waals surface area contributed by atoms with Gasteiger partial charge in [-0.05, 0) is 39.2 Å². The summed E-state index contributed by atoms with van der Waals surface area (Å²) in [6, 6.07) is 42.4. The average molecular weight is 482 g/mol. The molecule has 0 aliphatic heterocycles. The first-order chi connectivity index (χ1) is 18.3. The summed E-state index contributed by atoms with van der Waals surface area (Å²) < 4.78 is 8.48. The van der Waals surface area contributed by atoms with Crippen molar-refractivity contribution in [2.24, 2.45) is 0 Å². The van der Waals surface area contributed by atoms with Gasteiger partial charge in [-0.1, -0.05) is 115 Å². The van der Waals surface area contributed by atoms with Crippen molar-refractivity contribution >= 4 is 27.5 Å². The number of carbonyl (C=O) groups excluding carboxylic acids is 1. The van der Waals surface area contributed by atoms with E-state index in [9.17, 15) is 4.79 Å². The van der Waals surface area contributed by atoms with Crippen LogP contribution < -0.4 is 0 Å². The standard InChI is InChI=1S/C34H27NO2/c36-34(32(35-22-8-9-23-35)24-25-12-2-1-3-13-25)37-33(30-20-10-16-26-14-4-6-18-28(26)30)31-21-11-17-27-15-5-7-19-29(27)31/h1-23,32-33H,24H2/t32-/m1/s1. The molecule has 37 heavy (non-hydrogen) atoms. The predicted octanol–water partition coefficient (Wildman–Crippen LogP) is 7.91. The van der Waals surface area contributed by atoms with Crippen LogP contribution >= 0.6 is 0 Å². The fourth-order valence-corrected chi connectivity index (χ4v) is 5.15. The SMILES string of the molecule is O=C(OC(c1cccc2ccccc12)c1cccc2ccccc12)[C@@H](Cc1ccccc1)n1cccc1. The van der Waals surface area contributed by atoms with Crippen LogP contribution in [0.5, 0.6) is 0 Å². The Hall–Kier alpha value is -4.63. The van der Waals surface area contributed by atoms with Gasteiger partial charge in [0.25, 0.3) is 0 Å². The van der Waals surface area contributed by atoms with Gasteiger partial charge in [-0.25, -0.2) is 4.79 Å². The Morgan fingerprint density at radius 2 is 1.11 bits per heavy atom. The summed E-state index contributed by atoms with van der Waals surface area (Å²) in [4.78, 5) is 14.0. The zero-order chi connectivity index (χ0) is 25.0. The van der Waals surface area contributed by atoms with Gasteiger partial charge in [0.1, 0.15) is 6.04 Å². The molecule has 0 amide bonds. The number of benzene rings is 5. The van der Waals surface area contributed by atoms with Crippen molar-refractivity contribution in [1.29, 1.82) is 0 Å². The molecule has 1 heterocycles. The van der Waals surface area contributed by atoms with Crippen LogP contribution in [0.4, 0.5) is 0 Å². The lowest BCUT2D eigenvalue weighted by molar-refractivity contribution is -0.151. The minimum Gasteiger partial charge on any atom is -0.451 e. The molecule has 0 saturated carbocycles. The number of aromatic nitrogens is 1. The maximum atomic E-state index is 14.0. The molecule has 3 heteroatoms. The average Bonchev–Trinajstić information content (AvgIpc) is 3.49. The topological polar surface area (TPSA) is 31.2 Å². The fourth-order valence-electron chi connectivity index (χ4n) is 5.15. The number of nitrogens with zero attached hydrogens (tertiary/aromatic N) is 1. The first-order valence-electron chi connectivity index (χ1n) is 12.6. The fraction of sp³-hybridized carbons (Fsp3) is 0.0882. The van der Waals surface area contributed by atoms with Crippen LogP contribution in [0.25, 0.3) is 21.5 Å². The highest BCUT2D eigenvalue weighted by molar-refractivity contribution is 5.90. The van der Waals surface area contributed by atoms with E-state index in [-0.39, 0.29) is 5.97 Å². The minimum absolute atomic E-state index is 0.258. The third-order valence-electron chi connectivity index (χ3n) is 6.98. The van der Waals surface area contributed by atoms with E-state index in [1.165, 1.54) is 0 Å². The summed E-state index contributed by atoms with van der Waals surface area (Å²) in [5.41, 5.74) is 3.05. The van der Waals surface area contributed by atoms with Gasteiger partial charge in [0.05, 0.1) is 0 Å². The summed E-state index contributed by atoms with van der Waals surface area (Å²) >= 11 is 0. The quantitative estimate of drug-likeness (QED) is 0.217. The first-order valence-corrected chi connectivity index (χ1v) is 12.6. The summed E-state index contributed by atoms with van der Waals surface area (Å²) in [6.45, 7) is 0. The Labute approximate surface area is 216 Å². The smallest absolute Gasteiger partial charge is 0.330 e. The third-order valence-corrected chi connectivity index (χ3v) is 6.98. The van der Waals surface area contributed by atoms with Crippen LogP contribution in [0.2, 0.25) is 0 Å². The molecule has 0 unspecified atom stereocenters. The molecule has 180 valence electrons. The minimum atomic E-state index is -0.557. The molecule has 0 bridgehead atoms. The Kier molecular flexibility index (Phi) is 6.26. The van der Waals surface area contributed by atoms with E-state index in [0.717, 1.165) is 38.2 Å². The Balaban J connectivity index is 1.47. The van der Waals surface area contributed by atoms with E-state index in [1.807, 2.05) is 83.7 Å². The maximum Gasteiger partial charge on any atom is 0.330 e. The van der Waals surface area contributed by atoms with E-state index in [4.69, 9.17) is 4.74 Å². The van der Waals surface area contributed by atoms with Gasteiger partial charge in [0, 0.05) is 29.9 Å². The summed E-state index contributed by atoms with van der Waals surface area (Å²) in [6.07, 6.45) is 3.85. The second-order valence-electron chi connectivity index (χ2n) is 9.29. The zero-order valence-electron chi connectivity index (χ0n) is 20.4. The number of hydrogen-bond donors (Lipinski definition) is 0. The number of hydrogen-bond acceptors (Lipinski definition) is 2. The van der Waals surface area contributed by atoms with Crippen molar-refractivity contribution in [3.63, 3.8) is 0 Å². The molecule has 0 fully saturated rings. The van der Waals surface area contributed by atoms with Gasteiger partial charge in [0.15, 0.2) is 6.10 Å². The van der Waals surface area contributed by atoms with Gasteiger partial charge < -0.3 is 9.30 Å². The van der Waals surface area contributed by atoms with Crippen molar-refractivity contribution in [3.05, 3.63) is 156 Å². The molecule has 0 spiro atoms. The molecule has 0 aliphatic rings. The highest BCUT2D eigenvalue weighted by Crippen LogP contribution is 2.36. The summed E-state index contributed by atoms with van der Waals surface area (Å²) in [5, 5.41) is 4.40. The second kappa shape index (κ2) is 10.2. The van der Waals surface area contributed by atoms with Crippen molar-refractivity contribution < 1.29 is 9.53 Å². The molecular weight excluding hydrogens is 454 g/mol. The van der Waals surface area contributed by atoms with Crippen molar-refractivity contribution in [2.45, 2.75) is 18.6 Å². The lowest BCUT2D eigenvalue weighted by atomic mass is 9.92. The molecular formula is C34H27NO2. The highest BCUT2D eigenvalue weighted by Gasteiger charge is 2.28. The van der Waals surface area contributed by atoms with Crippen molar-refractivity contribution in [3.8, 4) is 0 Å². The van der Waals surface area contributed by atoms with E-state index in [2.05, 4.69) is 60.7 Å². The molecule has 6 aromatic rings. The Morgan fingerprint density at radius 1 is 0.595 bits per heavy atom.